The molecular weight excluding hydrogens is 689 g/mol. The Labute approximate surface area is 320 Å². The molecule has 8 aromatic heterocycles. The number of H-pyrrole nitrogens is 4. The molecule has 8 bridgehead atoms. The van der Waals surface area contributed by atoms with Crippen LogP contribution in [0, 0.1) is 0 Å². The topological polar surface area (TPSA) is 115 Å². The van der Waals surface area contributed by atoms with Crippen molar-refractivity contribution in [2.24, 2.45) is 0 Å². The van der Waals surface area contributed by atoms with Gasteiger partial charge in [0.15, 0.2) is 0 Å². The summed E-state index contributed by atoms with van der Waals surface area (Å²) in [6.07, 6.45) is 11.4. The van der Waals surface area contributed by atoms with Crippen molar-refractivity contribution < 1.29 is 0 Å². The van der Waals surface area contributed by atoms with E-state index in [2.05, 4.69) is 127 Å². The highest BCUT2D eigenvalue weighted by Gasteiger charge is 2.19. The van der Waals surface area contributed by atoms with Gasteiger partial charge in [-0.15, -0.1) is 0 Å². The first-order chi connectivity index (χ1) is 27.7. The van der Waals surface area contributed by atoms with E-state index in [0.29, 0.717) is 0 Å². The number of aromatic amines is 4. The minimum Gasteiger partial charge on any atom is -0.354 e. The van der Waals surface area contributed by atoms with Gasteiger partial charge >= 0.3 is 0 Å². The second-order valence-corrected chi connectivity index (χ2v) is 14.0. The van der Waals surface area contributed by atoms with Crippen LogP contribution >= 0.6 is 0 Å². The van der Waals surface area contributed by atoms with Crippen LogP contribution in [0.15, 0.2) is 171 Å². The average Bonchev–Trinajstić information content (AvgIpc) is 4.10. The van der Waals surface area contributed by atoms with Gasteiger partial charge in [0.05, 0.1) is 11.0 Å². The van der Waals surface area contributed by atoms with Crippen molar-refractivity contribution in [3.05, 3.63) is 237 Å². The molecule has 1 aliphatic heterocycles. The lowest BCUT2D eigenvalue weighted by Gasteiger charge is -2.10. The van der Waals surface area contributed by atoms with Crippen LogP contribution in [-0.2, 0) is 0 Å². The molecule has 0 radical (unpaired) electrons. The molecule has 10 aromatic rings. The van der Waals surface area contributed by atoms with E-state index in [0.717, 1.165) is 111 Å². The highest BCUT2D eigenvalue weighted by molar-refractivity contribution is 5.89. The molecule has 0 aliphatic carbocycles. The fraction of sp³-hybridized carbons (Fsp3) is 0. The second kappa shape index (κ2) is 12.9. The van der Waals surface area contributed by atoms with E-state index < -0.39 is 0 Å². The van der Waals surface area contributed by atoms with Crippen molar-refractivity contribution in [2.75, 3.05) is 0 Å². The fourth-order valence-corrected chi connectivity index (χ4v) is 8.01. The van der Waals surface area contributed by atoms with Gasteiger partial charge < -0.3 is 19.9 Å². The lowest BCUT2D eigenvalue weighted by atomic mass is 10.0. The summed E-state index contributed by atoms with van der Waals surface area (Å²) in [7, 11) is 0. The predicted molar refractivity (Wildman–Crippen MR) is 220 cm³/mol. The summed E-state index contributed by atoms with van der Waals surface area (Å²) in [5.74, 6) is 0. The molecule has 2 aromatic carbocycles. The van der Waals surface area contributed by atoms with Crippen LogP contribution in [0.5, 0.6) is 0 Å². The fourth-order valence-electron chi connectivity index (χ4n) is 8.01. The van der Waals surface area contributed by atoms with Crippen LogP contribution in [0.4, 0.5) is 0 Å². The van der Waals surface area contributed by atoms with Crippen molar-refractivity contribution in [1.82, 2.24) is 39.9 Å². The molecule has 0 spiro atoms. The smallest absolute Gasteiger partial charge is 0.0702 e. The number of pyridine rings is 4. The number of para-hydroxylation sites is 2. The van der Waals surface area contributed by atoms with Crippen molar-refractivity contribution in [2.45, 2.75) is 0 Å². The molecule has 56 heavy (non-hydrogen) atoms. The molecule has 0 amide bonds. The van der Waals surface area contributed by atoms with Gasteiger partial charge in [-0.1, -0.05) is 48.5 Å². The van der Waals surface area contributed by atoms with Gasteiger partial charge in [-0.25, -0.2) is 0 Å². The molecule has 4 N–H and O–H groups in total. The summed E-state index contributed by atoms with van der Waals surface area (Å²) >= 11 is 0. The van der Waals surface area contributed by atoms with Gasteiger partial charge in [0.1, 0.15) is 0 Å². The van der Waals surface area contributed by atoms with Gasteiger partial charge in [-0.2, -0.15) is 0 Å². The van der Waals surface area contributed by atoms with E-state index in [1.165, 1.54) is 0 Å². The number of nitrogens with zero attached hydrogens (tertiary/aromatic N) is 4. The first-order valence-corrected chi connectivity index (χ1v) is 18.5. The van der Waals surface area contributed by atoms with Crippen molar-refractivity contribution in [3.63, 3.8) is 0 Å². The summed E-state index contributed by atoms with van der Waals surface area (Å²) in [4.78, 5) is 34.2. The largest absolute Gasteiger partial charge is 0.354 e. The minimum atomic E-state index is 0.948. The lowest BCUT2D eigenvalue weighted by molar-refractivity contribution is 1.18. The molecule has 264 valence electrons. The zero-order valence-corrected chi connectivity index (χ0v) is 30.0. The van der Waals surface area contributed by atoms with E-state index in [4.69, 9.17) is 9.97 Å². The number of rotatable bonds is 4. The number of benzene rings is 2. The Morgan fingerprint density at radius 2 is 0.714 bits per heavy atom. The maximum atomic E-state index is 4.90. The molecule has 8 heteroatoms. The normalized spacial score (nSPS) is 12.9. The Hall–Kier alpha value is -7.84. The molecular formula is C48H32N8. The average molecular weight is 721 g/mol. The number of fused-ring (bicyclic) bond motifs is 10. The Morgan fingerprint density at radius 1 is 0.321 bits per heavy atom. The van der Waals surface area contributed by atoms with E-state index in [-0.39, 0.29) is 0 Å². The van der Waals surface area contributed by atoms with Gasteiger partial charge in [0.2, 0.25) is 0 Å². The van der Waals surface area contributed by atoms with Crippen LogP contribution in [0.2, 0.25) is 0 Å². The summed E-state index contributed by atoms with van der Waals surface area (Å²) in [6, 6.07) is 46.2. The number of nitrogens with one attached hydrogen (secondary N) is 4. The van der Waals surface area contributed by atoms with Gasteiger partial charge in [0.25, 0.3) is 0 Å². The lowest BCUT2D eigenvalue weighted by Crippen LogP contribution is -2.19. The monoisotopic (exact) mass is 720 g/mol. The summed E-state index contributed by atoms with van der Waals surface area (Å²) in [6.45, 7) is 0. The standard InChI is InChI=1S/C48H32N8/c1-3-11-35-29(7-1)23-33(27-51-35)47-41-17-15-39(54-41)45(31-9-5-21-49-25-31)37-13-14-38(53-37)46(32-10-6-22-50-26-32)40-16-18-42(55-40)48(44-20-19-43(47)56-44)34-24-30-8-2-4-12-36(30)52-28-34/h1-28,53-56H. The summed E-state index contributed by atoms with van der Waals surface area (Å²) in [5, 5.41) is 5.93. The Balaban J connectivity index is 1.27. The molecule has 0 fully saturated rings. The maximum Gasteiger partial charge on any atom is 0.0702 e. The molecule has 8 nitrogen and oxygen atoms in total. The van der Waals surface area contributed by atoms with Crippen molar-refractivity contribution >= 4 is 44.1 Å². The summed E-state index contributed by atoms with van der Waals surface area (Å²) in [5.41, 5.74) is 13.7. The van der Waals surface area contributed by atoms with E-state index in [1.807, 2.05) is 61.2 Å². The number of hydrogen-bond acceptors (Lipinski definition) is 4. The quantitative estimate of drug-likeness (QED) is 0.174. The Kier molecular flexibility index (Phi) is 7.31. The van der Waals surface area contributed by atoms with E-state index in [9.17, 15) is 0 Å². The second-order valence-electron chi connectivity index (χ2n) is 14.0. The molecule has 0 unspecified atom stereocenters. The Morgan fingerprint density at radius 3 is 1.11 bits per heavy atom. The molecule has 0 saturated heterocycles. The molecule has 0 saturated carbocycles. The maximum absolute atomic E-state index is 4.90. The highest BCUT2D eigenvalue weighted by Crippen LogP contribution is 2.29. The van der Waals surface area contributed by atoms with Gasteiger partial charge in [0, 0.05) is 137 Å². The number of hydrogen-bond donors (Lipinski definition) is 4. The molecule has 1 aliphatic rings. The Bertz CT molecular complexity index is 3140. The molecule has 0 atom stereocenters. The minimum absolute atomic E-state index is 0.948. The third-order valence-corrected chi connectivity index (χ3v) is 10.6. The van der Waals surface area contributed by atoms with Crippen LogP contribution in [0.1, 0.15) is 45.0 Å². The van der Waals surface area contributed by atoms with Gasteiger partial charge in [-0.3, -0.25) is 19.9 Å². The van der Waals surface area contributed by atoms with Gasteiger partial charge in [-0.05, 0) is 84.9 Å². The molecule has 11 rings (SSSR count). The van der Waals surface area contributed by atoms with E-state index >= 15 is 0 Å². The van der Waals surface area contributed by atoms with Crippen molar-refractivity contribution in [1.29, 1.82) is 0 Å². The predicted octanol–water partition coefficient (Wildman–Crippen LogP) is 6.19. The number of aromatic nitrogens is 8. The van der Waals surface area contributed by atoms with Crippen LogP contribution < -0.4 is 21.4 Å². The third-order valence-electron chi connectivity index (χ3n) is 10.6. The van der Waals surface area contributed by atoms with Crippen LogP contribution in [0.25, 0.3) is 44.1 Å². The zero-order valence-electron chi connectivity index (χ0n) is 30.0. The van der Waals surface area contributed by atoms with Crippen LogP contribution in [-0.4, -0.2) is 39.9 Å². The third kappa shape index (κ3) is 5.39. The van der Waals surface area contributed by atoms with Crippen molar-refractivity contribution in [3.8, 4) is 0 Å². The first-order valence-electron chi connectivity index (χ1n) is 18.5. The van der Waals surface area contributed by atoms with Crippen LogP contribution in [0.3, 0.4) is 0 Å². The zero-order chi connectivity index (χ0) is 37.0. The first kappa shape index (κ1) is 31.7. The SMILES string of the molecule is c1cncc(C2=c3ccc([nH]3)=C(c3cnc4ccccc4c3)c3ccc([nH]3)C(c3cnc4ccccc4c3)=c3ccc([nH]3)=C(c3cccnc3)c3ccc2[nH]3)c1. The van der Waals surface area contributed by atoms with E-state index in [1.54, 1.807) is 12.4 Å². The summed E-state index contributed by atoms with van der Waals surface area (Å²) < 4.78 is 0. The molecule has 9 heterocycles. The highest BCUT2D eigenvalue weighted by atomic mass is 14.8.